The molecule has 4 rings (SSSR count). The van der Waals surface area contributed by atoms with Crippen LogP contribution in [0.2, 0.25) is 0 Å². The lowest BCUT2D eigenvalue weighted by atomic mass is 9.94. The van der Waals surface area contributed by atoms with E-state index in [4.69, 9.17) is 4.74 Å². The van der Waals surface area contributed by atoms with Gasteiger partial charge in [0.1, 0.15) is 6.23 Å². The van der Waals surface area contributed by atoms with E-state index in [2.05, 4.69) is 24.3 Å². The van der Waals surface area contributed by atoms with Crippen molar-refractivity contribution in [3.8, 4) is 0 Å². The van der Waals surface area contributed by atoms with Gasteiger partial charge in [-0.25, -0.2) is 0 Å². The summed E-state index contributed by atoms with van der Waals surface area (Å²) in [7, 11) is 0. The van der Waals surface area contributed by atoms with Crippen LogP contribution in [0.4, 0.5) is 0 Å². The van der Waals surface area contributed by atoms with Crippen molar-refractivity contribution in [2.24, 2.45) is 0 Å². The summed E-state index contributed by atoms with van der Waals surface area (Å²) < 4.78 is 5.98. The van der Waals surface area contributed by atoms with E-state index in [1.165, 1.54) is 5.56 Å². The molecular formula is C19H19NO2. The fraction of sp³-hybridized carbons (Fsp3) is 0.316. The first-order chi connectivity index (χ1) is 10.8. The Bertz CT molecular complexity index is 698. The molecule has 3 nitrogen and oxygen atoms in total. The third-order valence-electron chi connectivity index (χ3n) is 4.82. The molecule has 0 saturated carbocycles. The van der Waals surface area contributed by atoms with E-state index < -0.39 is 0 Å². The zero-order valence-electron chi connectivity index (χ0n) is 12.6. The second-order valence-corrected chi connectivity index (χ2v) is 6.08. The van der Waals surface area contributed by atoms with Crippen molar-refractivity contribution in [1.29, 1.82) is 0 Å². The van der Waals surface area contributed by atoms with Crippen LogP contribution in [0.25, 0.3) is 0 Å². The maximum Gasteiger partial charge on any atom is 0.232 e. The van der Waals surface area contributed by atoms with E-state index in [-0.39, 0.29) is 24.1 Å². The van der Waals surface area contributed by atoms with Crippen LogP contribution < -0.4 is 0 Å². The highest BCUT2D eigenvalue weighted by molar-refractivity contribution is 5.85. The van der Waals surface area contributed by atoms with Gasteiger partial charge >= 0.3 is 0 Å². The van der Waals surface area contributed by atoms with E-state index in [0.29, 0.717) is 6.61 Å². The highest BCUT2D eigenvalue weighted by atomic mass is 16.5. The van der Waals surface area contributed by atoms with E-state index >= 15 is 0 Å². The number of nitrogens with zero attached hydrogens (tertiary/aromatic N) is 1. The van der Waals surface area contributed by atoms with Crippen LogP contribution in [0.15, 0.2) is 54.6 Å². The fourth-order valence-corrected chi connectivity index (χ4v) is 3.64. The van der Waals surface area contributed by atoms with Crippen LogP contribution in [0.1, 0.15) is 35.6 Å². The molecule has 0 bridgehead atoms. The second-order valence-electron chi connectivity index (χ2n) is 6.08. The molecule has 0 radical (unpaired) electrons. The summed E-state index contributed by atoms with van der Waals surface area (Å²) in [5.41, 5.74) is 3.51. The number of carbonyl (C=O) groups is 1. The van der Waals surface area contributed by atoms with Crippen molar-refractivity contribution in [2.45, 2.75) is 31.5 Å². The summed E-state index contributed by atoms with van der Waals surface area (Å²) in [6.45, 7) is 2.58. The Labute approximate surface area is 130 Å². The number of carbonyl (C=O) groups excluding carboxylic acids is 1. The lowest BCUT2D eigenvalue weighted by Crippen LogP contribution is -2.39. The summed E-state index contributed by atoms with van der Waals surface area (Å²) in [5, 5.41) is 0. The van der Waals surface area contributed by atoms with Gasteiger partial charge in [-0.05, 0) is 23.6 Å². The van der Waals surface area contributed by atoms with Crippen molar-refractivity contribution in [1.82, 2.24) is 4.90 Å². The number of fused-ring (bicyclic) bond motifs is 2. The first-order valence-corrected chi connectivity index (χ1v) is 7.82. The van der Waals surface area contributed by atoms with Gasteiger partial charge in [-0.2, -0.15) is 0 Å². The van der Waals surface area contributed by atoms with Crippen LogP contribution >= 0.6 is 0 Å². The van der Waals surface area contributed by atoms with E-state index in [9.17, 15) is 4.79 Å². The lowest BCUT2D eigenvalue weighted by molar-refractivity contribution is -0.138. The van der Waals surface area contributed by atoms with Gasteiger partial charge in [0.05, 0.1) is 18.6 Å². The van der Waals surface area contributed by atoms with Crippen molar-refractivity contribution < 1.29 is 9.53 Å². The van der Waals surface area contributed by atoms with Crippen molar-refractivity contribution in [2.75, 3.05) is 6.61 Å². The molecule has 1 fully saturated rings. The highest BCUT2D eigenvalue weighted by Crippen LogP contribution is 2.38. The van der Waals surface area contributed by atoms with E-state index in [0.717, 1.165) is 17.5 Å². The highest BCUT2D eigenvalue weighted by Gasteiger charge is 2.43. The molecule has 2 aliphatic rings. The zero-order valence-corrected chi connectivity index (χ0v) is 12.6. The normalized spacial score (nSPS) is 27.2. The van der Waals surface area contributed by atoms with Crippen LogP contribution in [0.3, 0.4) is 0 Å². The summed E-state index contributed by atoms with van der Waals surface area (Å²) >= 11 is 0. The Kier molecular flexibility index (Phi) is 3.23. The molecule has 2 heterocycles. The molecule has 2 aromatic carbocycles. The predicted octanol–water partition coefficient (Wildman–Crippen LogP) is 3.27. The van der Waals surface area contributed by atoms with Crippen molar-refractivity contribution in [3.05, 3.63) is 71.3 Å². The van der Waals surface area contributed by atoms with Crippen molar-refractivity contribution >= 4 is 5.91 Å². The first kappa shape index (κ1) is 13.5. The largest absolute Gasteiger partial charge is 0.355 e. The molecule has 3 atom stereocenters. The van der Waals surface area contributed by atoms with Crippen LogP contribution in [0, 0.1) is 0 Å². The van der Waals surface area contributed by atoms with Gasteiger partial charge in [-0.3, -0.25) is 4.79 Å². The predicted molar refractivity (Wildman–Crippen MR) is 84.3 cm³/mol. The first-order valence-electron chi connectivity index (χ1n) is 7.82. The number of ether oxygens (including phenoxy) is 1. The quantitative estimate of drug-likeness (QED) is 0.807. The SMILES string of the molecule is C[C@H]1C(=O)N2[C@@H](c3ccccc3)CO[C@@H]2Cc2ccccc21. The lowest BCUT2D eigenvalue weighted by Gasteiger charge is -2.28. The number of hydrogen-bond acceptors (Lipinski definition) is 2. The van der Waals surface area contributed by atoms with Crippen LogP contribution in [-0.2, 0) is 16.0 Å². The van der Waals surface area contributed by atoms with Crippen LogP contribution in [0.5, 0.6) is 0 Å². The third kappa shape index (κ3) is 2.04. The molecule has 0 unspecified atom stereocenters. The summed E-state index contributed by atoms with van der Waals surface area (Å²) in [5.74, 6) is 0.0513. The maximum atomic E-state index is 13.0. The van der Waals surface area contributed by atoms with Gasteiger partial charge in [0.15, 0.2) is 0 Å². The second kappa shape index (κ2) is 5.25. The molecule has 1 saturated heterocycles. The Morgan fingerprint density at radius 3 is 2.59 bits per heavy atom. The number of hydrogen-bond donors (Lipinski definition) is 0. The average Bonchev–Trinajstić information content (AvgIpc) is 2.94. The van der Waals surface area contributed by atoms with Crippen molar-refractivity contribution in [3.63, 3.8) is 0 Å². The Morgan fingerprint density at radius 2 is 1.77 bits per heavy atom. The summed E-state index contributed by atoms with van der Waals surface area (Å²) in [6.07, 6.45) is 0.624. The standard InChI is InChI=1S/C19H19NO2/c1-13-16-10-6-5-9-15(16)11-18-20(19(13)21)17(12-22-18)14-7-3-2-4-8-14/h2-10,13,17-18H,11-12H2,1H3/t13-,17-,18-/m1/s1. The van der Waals surface area contributed by atoms with Gasteiger partial charge in [0, 0.05) is 6.42 Å². The molecule has 112 valence electrons. The molecule has 0 aromatic heterocycles. The van der Waals surface area contributed by atoms with Gasteiger partial charge in [-0.1, -0.05) is 54.6 Å². The third-order valence-corrected chi connectivity index (χ3v) is 4.82. The molecule has 2 aromatic rings. The summed E-state index contributed by atoms with van der Waals surface area (Å²) in [4.78, 5) is 15.0. The molecule has 0 spiro atoms. The van der Waals surface area contributed by atoms with E-state index in [1.54, 1.807) is 0 Å². The number of rotatable bonds is 1. The average molecular weight is 293 g/mol. The Hall–Kier alpha value is -2.13. The van der Waals surface area contributed by atoms with Gasteiger partial charge < -0.3 is 9.64 Å². The Balaban J connectivity index is 1.74. The molecule has 22 heavy (non-hydrogen) atoms. The zero-order chi connectivity index (χ0) is 15.1. The monoisotopic (exact) mass is 293 g/mol. The number of amides is 1. The van der Waals surface area contributed by atoms with Gasteiger partial charge in [-0.15, -0.1) is 0 Å². The minimum atomic E-state index is -0.149. The maximum absolute atomic E-state index is 13.0. The smallest absolute Gasteiger partial charge is 0.232 e. The fourth-order valence-electron chi connectivity index (χ4n) is 3.64. The molecule has 0 N–H and O–H groups in total. The number of benzene rings is 2. The minimum absolute atomic E-state index is 0.0236. The summed E-state index contributed by atoms with van der Waals surface area (Å²) in [6, 6.07) is 18.4. The van der Waals surface area contributed by atoms with Gasteiger partial charge in [0.25, 0.3) is 0 Å². The Morgan fingerprint density at radius 1 is 1.05 bits per heavy atom. The minimum Gasteiger partial charge on any atom is -0.355 e. The molecule has 1 amide bonds. The van der Waals surface area contributed by atoms with Crippen LogP contribution in [-0.4, -0.2) is 23.6 Å². The molecule has 3 heteroatoms. The van der Waals surface area contributed by atoms with E-state index in [1.807, 2.05) is 42.2 Å². The topological polar surface area (TPSA) is 29.5 Å². The van der Waals surface area contributed by atoms with Gasteiger partial charge in [0.2, 0.25) is 5.91 Å². The molecule has 2 aliphatic heterocycles. The molecule has 0 aliphatic carbocycles. The molecular weight excluding hydrogens is 274 g/mol.